The van der Waals surface area contributed by atoms with E-state index in [0.717, 1.165) is 4.70 Å². The van der Waals surface area contributed by atoms with E-state index in [-0.39, 0.29) is 23.7 Å². The number of fused-ring (bicyclic) bond motifs is 1. The number of rotatable bonds is 8. The third-order valence-corrected chi connectivity index (χ3v) is 5.29. The van der Waals surface area contributed by atoms with Crippen LogP contribution in [0.25, 0.3) is 10.2 Å². The Hall–Kier alpha value is -2.75. The number of thiazole rings is 1. The van der Waals surface area contributed by atoms with E-state index >= 15 is 0 Å². The van der Waals surface area contributed by atoms with Crippen molar-refractivity contribution in [1.82, 2.24) is 9.88 Å². The van der Waals surface area contributed by atoms with E-state index in [0.29, 0.717) is 36.1 Å². The maximum Gasteiger partial charge on any atom is 0.282 e. The number of hydrogen-bond acceptors (Lipinski definition) is 7. The van der Waals surface area contributed by atoms with Crippen LogP contribution in [0.1, 0.15) is 17.3 Å². The number of ether oxygens (including phenoxy) is 1. The monoisotopic (exact) mass is 450 g/mol. The molecule has 30 heavy (non-hydrogen) atoms. The number of nitro groups is 1. The van der Waals surface area contributed by atoms with E-state index in [1.54, 1.807) is 12.1 Å². The minimum absolute atomic E-state index is 0. The molecule has 0 spiro atoms. The second-order valence-electron chi connectivity index (χ2n) is 6.57. The zero-order chi connectivity index (χ0) is 21.0. The van der Waals surface area contributed by atoms with Crippen LogP contribution in [0.3, 0.4) is 0 Å². The highest BCUT2D eigenvalue weighted by Crippen LogP contribution is 2.35. The summed E-state index contributed by atoms with van der Waals surface area (Å²) < 4.78 is 6.53. The first-order valence-electron chi connectivity index (χ1n) is 9.14. The minimum atomic E-state index is -0.539. The van der Waals surface area contributed by atoms with Crippen LogP contribution < -0.4 is 9.64 Å². The number of para-hydroxylation sites is 2. The Morgan fingerprint density at radius 3 is 2.57 bits per heavy atom. The van der Waals surface area contributed by atoms with Gasteiger partial charge in [0.15, 0.2) is 5.13 Å². The van der Waals surface area contributed by atoms with Gasteiger partial charge in [-0.15, -0.1) is 12.4 Å². The van der Waals surface area contributed by atoms with Gasteiger partial charge < -0.3 is 9.64 Å². The maximum atomic E-state index is 13.3. The van der Waals surface area contributed by atoms with Gasteiger partial charge in [0.1, 0.15) is 16.8 Å². The molecular formula is C20H23ClN4O4S. The Labute approximate surface area is 184 Å². The number of nitrogens with zero attached hydrogens (tertiary/aromatic N) is 4. The fourth-order valence-corrected chi connectivity index (χ4v) is 3.85. The summed E-state index contributed by atoms with van der Waals surface area (Å²) in [6, 6.07) is 11.6. The Bertz CT molecular complexity index is 1040. The molecule has 0 aliphatic carbocycles. The number of aromatic nitrogens is 1. The summed E-state index contributed by atoms with van der Waals surface area (Å²) in [6.07, 6.45) is 0. The van der Waals surface area contributed by atoms with Gasteiger partial charge in [0.25, 0.3) is 11.6 Å². The third-order valence-electron chi connectivity index (χ3n) is 4.25. The second-order valence-corrected chi connectivity index (χ2v) is 7.58. The Morgan fingerprint density at radius 2 is 1.90 bits per heavy atom. The van der Waals surface area contributed by atoms with Gasteiger partial charge >= 0.3 is 0 Å². The summed E-state index contributed by atoms with van der Waals surface area (Å²) in [6.45, 7) is 3.33. The van der Waals surface area contributed by atoms with Crippen molar-refractivity contribution in [2.75, 3.05) is 38.7 Å². The highest BCUT2D eigenvalue weighted by atomic mass is 35.5. The van der Waals surface area contributed by atoms with Crippen LogP contribution in [-0.4, -0.2) is 54.5 Å². The topological polar surface area (TPSA) is 88.8 Å². The smallest absolute Gasteiger partial charge is 0.282 e. The quantitative estimate of drug-likeness (QED) is 0.377. The number of nitro benzene ring substituents is 1. The summed E-state index contributed by atoms with van der Waals surface area (Å²) in [4.78, 5) is 32.3. The van der Waals surface area contributed by atoms with Crippen molar-refractivity contribution in [2.24, 2.45) is 0 Å². The van der Waals surface area contributed by atoms with E-state index in [9.17, 15) is 14.9 Å². The van der Waals surface area contributed by atoms with Crippen LogP contribution in [0.4, 0.5) is 10.8 Å². The molecular weight excluding hydrogens is 428 g/mol. The molecule has 160 valence electrons. The number of likely N-dealkylation sites (N-methyl/N-ethyl adjacent to an activating group) is 1. The molecule has 10 heteroatoms. The lowest BCUT2D eigenvalue weighted by molar-refractivity contribution is -0.385. The molecule has 0 saturated carbocycles. The van der Waals surface area contributed by atoms with E-state index in [2.05, 4.69) is 4.98 Å². The van der Waals surface area contributed by atoms with Gasteiger partial charge in [0.2, 0.25) is 0 Å². The molecule has 0 N–H and O–H groups in total. The molecule has 0 fully saturated rings. The largest absolute Gasteiger partial charge is 0.492 e. The molecule has 1 aromatic heterocycles. The number of carbonyl (C=O) groups excluding carboxylic acids is 1. The first kappa shape index (κ1) is 23.5. The molecule has 0 aliphatic rings. The normalized spacial score (nSPS) is 10.7. The zero-order valence-corrected chi connectivity index (χ0v) is 18.5. The van der Waals surface area contributed by atoms with Crippen molar-refractivity contribution in [1.29, 1.82) is 0 Å². The van der Waals surface area contributed by atoms with Gasteiger partial charge in [0.05, 0.1) is 16.2 Å². The molecule has 0 saturated heterocycles. The van der Waals surface area contributed by atoms with Crippen molar-refractivity contribution >= 4 is 50.7 Å². The lowest BCUT2D eigenvalue weighted by Gasteiger charge is -2.22. The van der Waals surface area contributed by atoms with Crippen LogP contribution in [0.5, 0.6) is 5.75 Å². The van der Waals surface area contributed by atoms with Crippen LogP contribution in [0, 0.1) is 10.1 Å². The zero-order valence-electron chi connectivity index (χ0n) is 16.9. The summed E-state index contributed by atoms with van der Waals surface area (Å²) in [7, 11) is 3.80. The summed E-state index contributed by atoms with van der Waals surface area (Å²) in [5.74, 6) is 0.203. The average molecular weight is 451 g/mol. The number of benzene rings is 2. The van der Waals surface area contributed by atoms with E-state index in [4.69, 9.17) is 4.74 Å². The molecule has 3 rings (SSSR count). The predicted molar refractivity (Wildman–Crippen MR) is 121 cm³/mol. The van der Waals surface area contributed by atoms with Crippen LogP contribution in [0.15, 0.2) is 42.5 Å². The van der Waals surface area contributed by atoms with Gasteiger partial charge in [-0.3, -0.25) is 19.8 Å². The number of halogens is 1. The molecule has 0 unspecified atom stereocenters. The fraction of sp³-hybridized carbons (Fsp3) is 0.300. The van der Waals surface area contributed by atoms with Gasteiger partial charge in [0, 0.05) is 19.2 Å². The van der Waals surface area contributed by atoms with Gasteiger partial charge in [-0.05, 0) is 39.2 Å². The van der Waals surface area contributed by atoms with Crippen molar-refractivity contribution in [3.05, 3.63) is 58.1 Å². The van der Waals surface area contributed by atoms with Crippen LogP contribution >= 0.6 is 23.7 Å². The lowest BCUT2D eigenvalue weighted by Crippen LogP contribution is -2.37. The molecule has 0 bridgehead atoms. The van der Waals surface area contributed by atoms with Gasteiger partial charge in [-0.1, -0.05) is 29.5 Å². The van der Waals surface area contributed by atoms with Crippen molar-refractivity contribution in [3.63, 3.8) is 0 Å². The molecule has 0 radical (unpaired) electrons. The number of hydrogen-bond donors (Lipinski definition) is 0. The molecule has 0 atom stereocenters. The molecule has 8 nitrogen and oxygen atoms in total. The Balaban J connectivity index is 0.00000320. The van der Waals surface area contributed by atoms with E-state index in [1.807, 2.05) is 44.1 Å². The minimum Gasteiger partial charge on any atom is -0.492 e. The fourth-order valence-electron chi connectivity index (χ4n) is 2.84. The van der Waals surface area contributed by atoms with E-state index < -0.39 is 10.8 Å². The highest BCUT2D eigenvalue weighted by Gasteiger charge is 2.27. The molecule has 0 aliphatic heterocycles. The number of amides is 1. The van der Waals surface area contributed by atoms with Gasteiger partial charge in [-0.25, -0.2) is 4.98 Å². The SMILES string of the molecule is CCOc1cccc2sc(N(CCN(C)C)C(=O)c3ccccc3[N+](=O)[O-])nc12.Cl. The van der Waals surface area contributed by atoms with Crippen molar-refractivity contribution in [2.45, 2.75) is 6.92 Å². The Morgan fingerprint density at radius 1 is 1.17 bits per heavy atom. The Kier molecular flexibility index (Phi) is 8.10. The summed E-state index contributed by atoms with van der Waals surface area (Å²) in [5.41, 5.74) is 0.503. The third kappa shape index (κ3) is 5.05. The molecule has 1 amide bonds. The van der Waals surface area contributed by atoms with Crippen molar-refractivity contribution in [3.8, 4) is 5.75 Å². The summed E-state index contributed by atoms with van der Waals surface area (Å²) >= 11 is 1.36. The first-order chi connectivity index (χ1) is 13.9. The molecule has 1 heterocycles. The standard InChI is InChI=1S/C20H22N4O4S.ClH/c1-4-28-16-10-7-11-17-18(16)21-20(29-17)23(13-12-22(2)3)19(25)14-8-5-6-9-15(14)24(26)27;/h5-11H,4,12-13H2,1-3H3;1H. The number of carbonyl (C=O) groups is 1. The van der Waals surface area contributed by atoms with Crippen LogP contribution in [-0.2, 0) is 0 Å². The molecule has 3 aromatic rings. The highest BCUT2D eigenvalue weighted by molar-refractivity contribution is 7.22. The predicted octanol–water partition coefficient (Wildman–Crippen LogP) is 4.23. The lowest BCUT2D eigenvalue weighted by atomic mass is 10.1. The maximum absolute atomic E-state index is 13.3. The van der Waals surface area contributed by atoms with Crippen LogP contribution in [0.2, 0.25) is 0 Å². The van der Waals surface area contributed by atoms with Gasteiger partial charge in [-0.2, -0.15) is 0 Å². The molecule has 2 aromatic carbocycles. The van der Waals surface area contributed by atoms with E-state index in [1.165, 1.54) is 28.4 Å². The number of anilines is 1. The van der Waals surface area contributed by atoms with Crippen molar-refractivity contribution < 1.29 is 14.5 Å². The first-order valence-corrected chi connectivity index (χ1v) is 9.96. The average Bonchev–Trinajstić information content (AvgIpc) is 3.13. The summed E-state index contributed by atoms with van der Waals surface area (Å²) in [5, 5.41) is 11.9. The second kappa shape index (κ2) is 10.3.